The first kappa shape index (κ1) is 19.2. The molecule has 0 bridgehead atoms. The summed E-state index contributed by atoms with van der Waals surface area (Å²) in [5.41, 5.74) is 2.30. The van der Waals surface area contributed by atoms with Gasteiger partial charge in [0.05, 0.1) is 18.6 Å². The molecule has 0 saturated heterocycles. The van der Waals surface area contributed by atoms with Gasteiger partial charge in [-0.25, -0.2) is 9.18 Å². The molecule has 1 heterocycles. The number of rotatable bonds is 6. The van der Waals surface area contributed by atoms with Crippen molar-refractivity contribution in [3.05, 3.63) is 37.9 Å². The molecule has 0 aliphatic heterocycles. The highest BCUT2D eigenvalue weighted by Gasteiger charge is 2.32. The van der Waals surface area contributed by atoms with Crippen molar-refractivity contribution in [2.24, 2.45) is 0 Å². The molecule has 0 aliphatic rings. The van der Waals surface area contributed by atoms with Gasteiger partial charge in [-0.1, -0.05) is 6.92 Å². The minimum Gasteiger partial charge on any atom is -0.491 e. The summed E-state index contributed by atoms with van der Waals surface area (Å²) in [7, 11) is 1.16. The van der Waals surface area contributed by atoms with E-state index in [-0.39, 0.29) is 18.7 Å². The van der Waals surface area contributed by atoms with Crippen molar-refractivity contribution in [3.8, 4) is 5.75 Å². The summed E-state index contributed by atoms with van der Waals surface area (Å²) in [5.74, 6) is -2.47. The van der Waals surface area contributed by atoms with E-state index >= 15 is 0 Å². The Kier molecular flexibility index (Phi) is 5.44. The van der Waals surface area contributed by atoms with Gasteiger partial charge in [0.15, 0.2) is 17.3 Å². The number of carbonyl (C=O) groups is 1. The van der Waals surface area contributed by atoms with Crippen LogP contribution in [0.4, 0.5) is 15.8 Å². The molecule has 2 aromatic rings. The third-order valence-electron chi connectivity index (χ3n) is 3.77. The number of nitro groups is 1. The largest absolute Gasteiger partial charge is 0.491 e. The summed E-state index contributed by atoms with van der Waals surface area (Å²) in [4.78, 5) is 35.4. The minimum absolute atomic E-state index is 0.0149. The van der Waals surface area contributed by atoms with E-state index in [1.165, 1.54) is 10.8 Å². The van der Waals surface area contributed by atoms with Crippen LogP contribution in [-0.4, -0.2) is 29.2 Å². The molecule has 0 atom stereocenters. The number of fused-ring (bicyclic) bond motifs is 1. The second-order valence-electron chi connectivity index (χ2n) is 5.38. The number of methoxy groups -OCH3 is 1. The number of aromatic nitrogens is 1. The number of benzene rings is 1. The number of pyridine rings is 1. The molecule has 2 rings (SSSR count). The molecule has 1 aromatic carbocycles. The zero-order chi connectivity index (χ0) is 19.6. The van der Waals surface area contributed by atoms with Crippen molar-refractivity contribution in [1.29, 1.82) is 0 Å². The third-order valence-corrected chi connectivity index (χ3v) is 3.77. The van der Waals surface area contributed by atoms with Crippen LogP contribution < -0.4 is 15.9 Å². The van der Waals surface area contributed by atoms with Crippen molar-refractivity contribution in [1.82, 2.24) is 4.57 Å². The number of hydrogen-bond donors (Lipinski definition) is 1. The number of nitrogens with two attached hydrogens (primary N) is 1. The fourth-order valence-electron chi connectivity index (χ4n) is 2.74. The van der Waals surface area contributed by atoms with Crippen molar-refractivity contribution >= 4 is 28.2 Å². The lowest BCUT2D eigenvalue weighted by atomic mass is 10.1. The molecule has 1 aromatic heterocycles. The summed E-state index contributed by atoms with van der Waals surface area (Å²) in [5, 5.41) is 11.0. The Morgan fingerprint density at radius 2 is 2.08 bits per heavy atom. The van der Waals surface area contributed by atoms with Crippen LogP contribution in [0, 0.1) is 15.9 Å². The topological polar surface area (TPSA) is 127 Å². The molecular weight excluding hydrogens is 349 g/mol. The van der Waals surface area contributed by atoms with Crippen LogP contribution in [0.25, 0.3) is 10.9 Å². The summed E-state index contributed by atoms with van der Waals surface area (Å²) >= 11 is 0. The Hall–Kier alpha value is -3.17. The molecule has 0 radical (unpaired) electrons. The van der Waals surface area contributed by atoms with E-state index in [1.54, 1.807) is 6.92 Å². The van der Waals surface area contributed by atoms with E-state index in [0.717, 1.165) is 7.11 Å². The Morgan fingerprint density at radius 1 is 1.42 bits per heavy atom. The van der Waals surface area contributed by atoms with Crippen LogP contribution in [0.5, 0.6) is 5.75 Å². The fraction of sp³-hybridized carbons (Fsp3) is 0.375. The Balaban J connectivity index is 3.14. The molecule has 140 valence electrons. The Labute approximate surface area is 147 Å². The SMILES string of the molecule is CCCn1cc(C(=O)OCC)c(=O)c2c([N+](=O)[O-])c(N)c(F)c(OC)c21. The van der Waals surface area contributed by atoms with Gasteiger partial charge in [0.2, 0.25) is 5.43 Å². The van der Waals surface area contributed by atoms with Gasteiger partial charge in [0.25, 0.3) is 0 Å². The van der Waals surface area contributed by atoms with Gasteiger partial charge in [-0.15, -0.1) is 0 Å². The van der Waals surface area contributed by atoms with E-state index in [4.69, 9.17) is 15.2 Å². The molecule has 0 unspecified atom stereocenters. The lowest BCUT2D eigenvalue weighted by Gasteiger charge is -2.16. The Bertz CT molecular complexity index is 954. The number of aryl methyl sites for hydroxylation is 1. The number of halogens is 1. The fourth-order valence-corrected chi connectivity index (χ4v) is 2.74. The molecular formula is C16H18FN3O6. The van der Waals surface area contributed by atoms with E-state index in [9.17, 15) is 24.1 Å². The highest BCUT2D eigenvalue weighted by Crippen LogP contribution is 2.40. The smallest absolute Gasteiger partial charge is 0.343 e. The molecule has 0 amide bonds. The maximum atomic E-state index is 14.5. The number of nitro benzene ring substituents is 1. The number of nitrogen functional groups attached to an aromatic ring is 1. The molecule has 0 saturated carbocycles. The maximum Gasteiger partial charge on any atom is 0.343 e. The lowest BCUT2D eigenvalue weighted by Crippen LogP contribution is -2.23. The van der Waals surface area contributed by atoms with Crippen molar-refractivity contribution < 1.29 is 23.6 Å². The predicted molar refractivity (Wildman–Crippen MR) is 92.0 cm³/mol. The minimum atomic E-state index is -1.14. The van der Waals surface area contributed by atoms with Gasteiger partial charge < -0.3 is 19.8 Å². The van der Waals surface area contributed by atoms with Crippen LogP contribution in [0.2, 0.25) is 0 Å². The van der Waals surface area contributed by atoms with Gasteiger partial charge in [-0.05, 0) is 13.3 Å². The Morgan fingerprint density at radius 3 is 2.58 bits per heavy atom. The summed E-state index contributed by atoms with van der Waals surface area (Å²) < 4.78 is 25.7. The van der Waals surface area contributed by atoms with Crippen molar-refractivity contribution in [2.75, 3.05) is 19.5 Å². The lowest BCUT2D eigenvalue weighted by molar-refractivity contribution is -0.382. The van der Waals surface area contributed by atoms with Crippen LogP contribution in [0.1, 0.15) is 30.6 Å². The summed E-state index contributed by atoms with van der Waals surface area (Å²) in [6, 6.07) is 0. The first-order valence-electron chi connectivity index (χ1n) is 7.83. The van der Waals surface area contributed by atoms with Crippen molar-refractivity contribution in [2.45, 2.75) is 26.8 Å². The van der Waals surface area contributed by atoms with E-state index < -0.39 is 50.2 Å². The number of carbonyl (C=O) groups excluding carboxylic acids is 1. The number of ether oxygens (including phenoxy) is 2. The van der Waals surface area contributed by atoms with Gasteiger partial charge in [0.1, 0.15) is 16.5 Å². The van der Waals surface area contributed by atoms with Crippen LogP contribution in [0.3, 0.4) is 0 Å². The van der Waals surface area contributed by atoms with Crippen LogP contribution >= 0.6 is 0 Å². The quantitative estimate of drug-likeness (QED) is 0.359. The standard InChI is InChI=1S/C16H18FN3O6/c1-4-6-19-7-8(16(22)26-5-2)14(21)9-12(20(23)24)11(18)10(17)15(25-3)13(9)19/h7H,4-6,18H2,1-3H3. The average molecular weight is 367 g/mol. The van der Waals surface area contributed by atoms with E-state index in [2.05, 4.69) is 0 Å². The molecule has 9 nitrogen and oxygen atoms in total. The molecule has 0 aliphatic carbocycles. The first-order chi connectivity index (χ1) is 12.3. The number of hydrogen-bond acceptors (Lipinski definition) is 7. The van der Waals surface area contributed by atoms with Crippen LogP contribution in [0.15, 0.2) is 11.0 Å². The number of esters is 1. The normalized spacial score (nSPS) is 10.8. The van der Waals surface area contributed by atoms with E-state index in [0.29, 0.717) is 6.42 Å². The maximum absolute atomic E-state index is 14.5. The van der Waals surface area contributed by atoms with Crippen LogP contribution in [-0.2, 0) is 11.3 Å². The molecule has 10 heteroatoms. The van der Waals surface area contributed by atoms with Gasteiger partial charge in [0, 0.05) is 12.7 Å². The number of nitrogens with zero attached hydrogens (tertiary/aromatic N) is 2. The van der Waals surface area contributed by atoms with Gasteiger partial charge in [-0.2, -0.15) is 0 Å². The predicted octanol–water partition coefficient (Wildman–Crippen LogP) is 2.23. The first-order valence-corrected chi connectivity index (χ1v) is 7.83. The second-order valence-corrected chi connectivity index (χ2v) is 5.38. The average Bonchev–Trinajstić information content (AvgIpc) is 2.58. The summed E-state index contributed by atoms with van der Waals surface area (Å²) in [6.07, 6.45) is 1.73. The summed E-state index contributed by atoms with van der Waals surface area (Å²) in [6.45, 7) is 3.63. The second kappa shape index (κ2) is 7.38. The van der Waals surface area contributed by atoms with Gasteiger partial charge in [-0.3, -0.25) is 14.9 Å². The third kappa shape index (κ3) is 2.93. The molecule has 0 fully saturated rings. The zero-order valence-corrected chi connectivity index (χ0v) is 14.5. The molecule has 2 N–H and O–H groups in total. The van der Waals surface area contributed by atoms with E-state index in [1.807, 2.05) is 6.92 Å². The molecule has 0 spiro atoms. The highest BCUT2D eigenvalue weighted by molar-refractivity contribution is 6.02. The highest BCUT2D eigenvalue weighted by atomic mass is 19.1. The zero-order valence-electron chi connectivity index (χ0n) is 14.5. The van der Waals surface area contributed by atoms with Crippen molar-refractivity contribution in [3.63, 3.8) is 0 Å². The molecule has 26 heavy (non-hydrogen) atoms. The monoisotopic (exact) mass is 367 g/mol. The van der Waals surface area contributed by atoms with Gasteiger partial charge >= 0.3 is 11.7 Å². The number of anilines is 1.